The second-order valence-electron chi connectivity index (χ2n) is 5.60. The van der Waals surface area contributed by atoms with Crippen molar-refractivity contribution >= 4 is 0 Å². The molecule has 2 aromatic carbocycles. The van der Waals surface area contributed by atoms with E-state index in [4.69, 9.17) is 0 Å². The van der Waals surface area contributed by atoms with Crippen molar-refractivity contribution in [3.63, 3.8) is 0 Å². The summed E-state index contributed by atoms with van der Waals surface area (Å²) in [6, 6.07) is 14.8. The predicted octanol–water partition coefficient (Wildman–Crippen LogP) is 3.85. The third kappa shape index (κ3) is 2.75. The minimum absolute atomic E-state index is 0.199. The van der Waals surface area contributed by atoms with Crippen LogP contribution in [0.4, 0.5) is 4.39 Å². The average molecular weight is 270 g/mol. The molecule has 0 fully saturated rings. The number of hydrogen-bond donors (Lipinski definition) is 1. The first-order chi connectivity index (χ1) is 9.74. The lowest BCUT2D eigenvalue weighted by Gasteiger charge is -2.29. The van der Waals surface area contributed by atoms with Gasteiger partial charge in [0.05, 0.1) is 6.10 Å². The number of halogens is 1. The molecule has 20 heavy (non-hydrogen) atoms. The molecule has 0 amide bonds. The van der Waals surface area contributed by atoms with Crippen molar-refractivity contribution in [3.05, 3.63) is 71.0 Å². The standard InChI is InChI=1S/C18H19FO/c19-15-10-8-13(9-11-15)12-18(20)17-7-3-5-14-4-1-2-6-16(14)17/h1-2,4,6,8-11,17-18,20H,3,5,7,12H2. The van der Waals surface area contributed by atoms with E-state index < -0.39 is 6.10 Å². The Labute approximate surface area is 119 Å². The van der Waals surface area contributed by atoms with Crippen LogP contribution in [0.1, 0.15) is 35.4 Å². The maximum atomic E-state index is 12.9. The topological polar surface area (TPSA) is 20.2 Å². The third-order valence-corrected chi connectivity index (χ3v) is 4.24. The summed E-state index contributed by atoms with van der Waals surface area (Å²) in [7, 11) is 0. The van der Waals surface area contributed by atoms with Crippen LogP contribution >= 0.6 is 0 Å². The van der Waals surface area contributed by atoms with E-state index in [-0.39, 0.29) is 11.7 Å². The van der Waals surface area contributed by atoms with E-state index in [1.54, 1.807) is 12.1 Å². The SMILES string of the molecule is OC(Cc1ccc(F)cc1)C1CCCc2ccccc21. The smallest absolute Gasteiger partial charge is 0.123 e. The number of benzene rings is 2. The van der Waals surface area contributed by atoms with Gasteiger partial charge in [0, 0.05) is 5.92 Å². The molecule has 0 aliphatic heterocycles. The minimum Gasteiger partial charge on any atom is -0.392 e. The van der Waals surface area contributed by atoms with Gasteiger partial charge >= 0.3 is 0 Å². The lowest BCUT2D eigenvalue weighted by Crippen LogP contribution is -2.24. The molecule has 0 radical (unpaired) electrons. The third-order valence-electron chi connectivity index (χ3n) is 4.24. The molecule has 2 heteroatoms. The summed E-state index contributed by atoms with van der Waals surface area (Å²) in [5, 5.41) is 10.5. The summed E-state index contributed by atoms with van der Waals surface area (Å²) in [5.74, 6) is -0.0312. The fourth-order valence-electron chi connectivity index (χ4n) is 3.20. The molecule has 1 aliphatic carbocycles. The summed E-state index contributed by atoms with van der Waals surface area (Å²) >= 11 is 0. The highest BCUT2D eigenvalue weighted by atomic mass is 19.1. The average Bonchev–Trinajstić information content (AvgIpc) is 2.49. The van der Waals surface area contributed by atoms with E-state index in [9.17, 15) is 9.50 Å². The van der Waals surface area contributed by atoms with Gasteiger partial charge in [-0.2, -0.15) is 0 Å². The van der Waals surface area contributed by atoms with Crippen molar-refractivity contribution in [2.45, 2.75) is 37.7 Å². The van der Waals surface area contributed by atoms with Gasteiger partial charge in [-0.15, -0.1) is 0 Å². The molecule has 0 saturated heterocycles. The zero-order valence-electron chi connectivity index (χ0n) is 11.4. The lowest BCUT2D eigenvalue weighted by molar-refractivity contribution is 0.134. The Morgan fingerprint density at radius 3 is 2.65 bits per heavy atom. The van der Waals surface area contributed by atoms with Gasteiger partial charge in [-0.25, -0.2) is 4.39 Å². The summed E-state index contributed by atoms with van der Waals surface area (Å²) in [4.78, 5) is 0. The molecular weight excluding hydrogens is 251 g/mol. The quantitative estimate of drug-likeness (QED) is 0.898. The second-order valence-corrected chi connectivity index (χ2v) is 5.60. The van der Waals surface area contributed by atoms with Crippen LogP contribution in [0.25, 0.3) is 0 Å². The van der Waals surface area contributed by atoms with Gasteiger partial charge in [0.2, 0.25) is 0 Å². The Morgan fingerprint density at radius 1 is 1.10 bits per heavy atom. The Hall–Kier alpha value is -1.67. The van der Waals surface area contributed by atoms with E-state index in [2.05, 4.69) is 18.2 Å². The van der Waals surface area contributed by atoms with Crippen molar-refractivity contribution in [2.24, 2.45) is 0 Å². The molecule has 3 rings (SSSR count). The Bertz CT molecular complexity index is 576. The first-order valence-corrected chi connectivity index (χ1v) is 7.24. The zero-order chi connectivity index (χ0) is 13.9. The van der Waals surface area contributed by atoms with E-state index in [1.807, 2.05) is 6.07 Å². The van der Waals surface area contributed by atoms with Gasteiger partial charge in [-0.1, -0.05) is 36.4 Å². The fourth-order valence-corrected chi connectivity index (χ4v) is 3.20. The zero-order valence-corrected chi connectivity index (χ0v) is 11.4. The molecule has 0 heterocycles. The van der Waals surface area contributed by atoms with E-state index in [0.717, 1.165) is 24.8 Å². The molecular formula is C18H19FO. The molecule has 0 saturated carbocycles. The van der Waals surface area contributed by atoms with Crippen molar-refractivity contribution in [1.82, 2.24) is 0 Å². The Morgan fingerprint density at radius 2 is 1.85 bits per heavy atom. The monoisotopic (exact) mass is 270 g/mol. The molecule has 0 aromatic heterocycles. The van der Waals surface area contributed by atoms with Gasteiger partial charge < -0.3 is 5.11 Å². The Kier molecular flexibility index (Phi) is 3.83. The maximum absolute atomic E-state index is 12.9. The van der Waals surface area contributed by atoms with E-state index in [1.165, 1.54) is 23.3 Å². The largest absolute Gasteiger partial charge is 0.392 e. The van der Waals surface area contributed by atoms with Gasteiger partial charge in [0.1, 0.15) is 5.82 Å². The number of aliphatic hydroxyl groups is 1. The fraction of sp³-hybridized carbons (Fsp3) is 0.333. The van der Waals surface area contributed by atoms with Gasteiger partial charge in [-0.05, 0) is 54.5 Å². The molecule has 1 N–H and O–H groups in total. The lowest BCUT2D eigenvalue weighted by atomic mass is 9.78. The number of aliphatic hydroxyl groups excluding tert-OH is 1. The molecule has 104 valence electrons. The first-order valence-electron chi connectivity index (χ1n) is 7.24. The van der Waals surface area contributed by atoms with E-state index in [0.29, 0.717) is 6.42 Å². The maximum Gasteiger partial charge on any atom is 0.123 e. The molecule has 1 nitrogen and oxygen atoms in total. The highest BCUT2D eigenvalue weighted by molar-refractivity contribution is 5.34. The highest BCUT2D eigenvalue weighted by Crippen LogP contribution is 2.34. The summed E-state index contributed by atoms with van der Waals surface area (Å²) in [5.41, 5.74) is 3.64. The van der Waals surface area contributed by atoms with E-state index >= 15 is 0 Å². The van der Waals surface area contributed by atoms with Crippen molar-refractivity contribution in [3.8, 4) is 0 Å². The summed E-state index contributed by atoms with van der Waals surface area (Å²) in [6.45, 7) is 0. The summed E-state index contributed by atoms with van der Waals surface area (Å²) in [6.07, 6.45) is 3.44. The van der Waals surface area contributed by atoms with Crippen LogP contribution < -0.4 is 0 Å². The Balaban J connectivity index is 1.78. The second kappa shape index (κ2) is 5.76. The number of fused-ring (bicyclic) bond motifs is 1. The molecule has 2 unspecified atom stereocenters. The minimum atomic E-state index is -0.401. The van der Waals surface area contributed by atoms with Gasteiger partial charge in [0.15, 0.2) is 0 Å². The van der Waals surface area contributed by atoms with Crippen LogP contribution in [0, 0.1) is 5.82 Å². The van der Waals surface area contributed by atoms with Crippen LogP contribution in [0.2, 0.25) is 0 Å². The summed E-state index contributed by atoms with van der Waals surface area (Å²) < 4.78 is 12.9. The van der Waals surface area contributed by atoms with Crippen LogP contribution in [0.3, 0.4) is 0 Å². The molecule has 2 atom stereocenters. The van der Waals surface area contributed by atoms with Crippen LogP contribution in [0.15, 0.2) is 48.5 Å². The normalized spacial score (nSPS) is 19.4. The van der Waals surface area contributed by atoms with Crippen molar-refractivity contribution in [2.75, 3.05) is 0 Å². The van der Waals surface area contributed by atoms with Gasteiger partial charge in [0.25, 0.3) is 0 Å². The van der Waals surface area contributed by atoms with Crippen LogP contribution in [-0.4, -0.2) is 11.2 Å². The molecule has 2 aromatic rings. The van der Waals surface area contributed by atoms with Crippen LogP contribution in [-0.2, 0) is 12.8 Å². The predicted molar refractivity (Wildman–Crippen MR) is 78.2 cm³/mol. The number of hydrogen-bond acceptors (Lipinski definition) is 1. The molecule has 1 aliphatic rings. The first kappa shape index (κ1) is 13.3. The number of rotatable bonds is 3. The van der Waals surface area contributed by atoms with Crippen molar-refractivity contribution < 1.29 is 9.50 Å². The number of aryl methyl sites for hydroxylation is 1. The van der Waals surface area contributed by atoms with Crippen molar-refractivity contribution in [1.29, 1.82) is 0 Å². The highest BCUT2D eigenvalue weighted by Gasteiger charge is 2.26. The van der Waals surface area contributed by atoms with Crippen LogP contribution in [0.5, 0.6) is 0 Å². The molecule has 0 bridgehead atoms. The molecule has 0 spiro atoms. The van der Waals surface area contributed by atoms with Gasteiger partial charge in [-0.3, -0.25) is 0 Å².